The van der Waals surface area contributed by atoms with E-state index < -0.39 is 0 Å². The number of hydrogen-bond acceptors (Lipinski definition) is 2. The molecule has 0 bridgehead atoms. The van der Waals surface area contributed by atoms with Crippen molar-refractivity contribution in [2.45, 2.75) is 44.7 Å². The molecule has 12 heavy (non-hydrogen) atoms. The van der Waals surface area contributed by atoms with Gasteiger partial charge < -0.3 is 0 Å². The smallest absolute Gasteiger partial charge is 0.0980 e. The van der Waals surface area contributed by atoms with Gasteiger partial charge in [0.1, 0.15) is 0 Å². The van der Waals surface area contributed by atoms with Gasteiger partial charge in [-0.3, -0.25) is 4.90 Å². The monoisotopic (exact) mass is 164 g/mol. The molecule has 2 aliphatic heterocycles. The summed E-state index contributed by atoms with van der Waals surface area (Å²) in [6, 6.07) is 3.38. The van der Waals surface area contributed by atoms with Crippen LogP contribution in [-0.4, -0.2) is 23.5 Å². The van der Waals surface area contributed by atoms with Crippen LogP contribution in [0.3, 0.4) is 0 Å². The van der Waals surface area contributed by atoms with Crippen molar-refractivity contribution in [1.82, 2.24) is 4.90 Å². The van der Waals surface area contributed by atoms with Crippen molar-refractivity contribution in [2.75, 3.05) is 6.54 Å². The van der Waals surface area contributed by atoms with Gasteiger partial charge in [0.15, 0.2) is 0 Å². The summed E-state index contributed by atoms with van der Waals surface area (Å²) in [4.78, 5) is 2.42. The van der Waals surface area contributed by atoms with Gasteiger partial charge >= 0.3 is 0 Å². The fraction of sp³-hybridized carbons (Fsp3) is 0.900. The first kappa shape index (κ1) is 8.07. The van der Waals surface area contributed by atoms with E-state index in [0.29, 0.717) is 0 Å². The minimum absolute atomic E-state index is 0.230. The minimum atomic E-state index is 0.230. The topological polar surface area (TPSA) is 27.0 Å². The summed E-state index contributed by atoms with van der Waals surface area (Å²) in [5.74, 6) is 0.817. The van der Waals surface area contributed by atoms with E-state index in [2.05, 4.69) is 17.9 Å². The largest absolute Gasteiger partial charge is 0.285 e. The Morgan fingerprint density at radius 3 is 2.92 bits per heavy atom. The van der Waals surface area contributed by atoms with Crippen LogP contribution in [0.1, 0.15) is 32.6 Å². The number of hydrogen-bond donors (Lipinski definition) is 0. The maximum absolute atomic E-state index is 8.93. The summed E-state index contributed by atoms with van der Waals surface area (Å²) in [6.07, 6.45) is 4.96. The van der Waals surface area contributed by atoms with Crippen molar-refractivity contribution in [3.8, 4) is 6.07 Å². The molecule has 2 fully saturated rings. The molecule has 0 saturated carbocycles. The van der Waals surface area contributed by atoms with E-state index in [9.17, 15) is 0 Å². The van der Waals surface area contributed by atoms with Crippen molar-refractivity contribution in [3.63, 3.8) is 0 Å². The third-order valence-corrected chi connectivity index (χ3v) is 3.44. The lowest BCUT2D eigenvalue weighted by molar-refractivity contribution is 0.110. The summed E-state index contributed by atoms with van der Waals surface area (Å²) >= 11 is 0. The Morgan fingerprint density at radius 2 is 2.17 bits per heavy atom. The predicted octanol–water partition coefficient (Wildman–Crippen LogP) is 1.77. The Morgan fingerprint density at radius 1 is 1.33 bits per heavy atom. The van der Waals surface area contributed by atoms with Crippen LogP contribution in [0.15, 0.2) is 0 Å². The molecule has 2 heterocycles. The van der Waals surface area contributed by atoms with E-state index >= 15 is 0 Å². The highest BCUT2D eigenvalue weighted by molar-refractivity contribution is 5.01. The van der Waals surface area contributed by atoms with E-state index in [1.165, 1.54) is 19.3 Å². The highest BCUT2D eigenvalue weighted by atomic mass is 15.2. The third kappa shape index (κ3) is 1.13. The minimum Gasteiger partial charge on any atom is -0.285 e. The van der Waals surface area contributed by atoms with Crippen LogP contribution in [0, 0.1) is 17.2 Å². The molecule has 0 N–H and O–H groups in total. The lowest BCUT2D eigenvalue weighted by Gasteiger charge is -2.38. The number of nitrogens with zero attached hydrogens (tertiary/aromatic N) is 2. The summed E-state index contributed by atoms with van der Waals surface area (Å²) in [5.41, 5.74) is 0. The Kier molecular flexibility index (Phi) is 2.06. The normalized spacial score (nSPS) is 42.2. The quantitative estimate of drug-likeness (QED) is 0.545. The van der Waals surface area contributed by atoms with Gasteiger partial charge in [0.2, 0.25) is 0 Å². The zero-order chi connectivity index (χ0) is 8.55. The second-order valence-corrected chi connectivity index (χ2v) is 4.15. The van der Waals surface area contributed by atoms with Crippen molar-refractivity contribution in [2.24, 2.45) is 5.92 Å². The van der Waals surface area contributed by atoms with Gasteiger partial charge in [-0.1, -0.05) is 6.92 Å². The van der Waals surface area contributed by atoms with Crippen molar-refractivity contribution >= 4 is 0 Å². The van der Waals surface area contributed by atoms with Gasteiger partial charge in [-0.25, -0.2) is 0 Å². The van der Waals surface area contributed by atoms with E-state index in [-0.39, 0.29) is 6.04 Å². The molecule has 0 aromatic rings. The SMILES string of the molecule is C[C@@H]1CC[C@H](C#N)N2CCC[C@@H]12. The summed E-state index contributed by atoms with van der Waals surface area (Å²) < 4.78 is 0. The molecule has 2 nitrogen and oxygen atoms in total. The van der Waals surface area contributed by atoms with E-state index in [1.54, 1.807) is 0 Å². The van der Waals surface area contributed by atoms with Crippen LogP contribution in [-0.2, 0) is 0 Å². The Labute approximate surface area is 74.2 Å². The van der Waals surface area contributed by atoms with Crippen molar-refractivity contribution in [1.29, 1.82) is 5.26 Å². The first-order chi connectivity index (χ1) is 5.83. The Bertz CT molecular complexity index is 206. The molecule has 3 atom stereocenters. The molecule has 0 amide bonds. The number of nitriles is 1. The summed E-state index contributed by atoms with van der Waals surface area (Å²) in [7, 11) is 0. The Balaban J connectivity index is 2.12. The molecular weight excluding hydrogens is 148 g/mol. The van der Waals surface area contributed by atoms with Gasteiger partial charge in [0.25, 0.3) is 0 Å². The molecule has 0 spiro atoms. The molecule has 2 rings (SSSR count). The second kappa shape index (κ2) is 3.06. The fourth-order valence-electron chi connectivity index (χ4n) is 2.73. The van der Waals surface area contributed by atoms with Crippen LogP contribution in [0.2, 0.25) is 0 Å². The van der Waals surface area contributed by atoms with E-state index in [0.717, 1.165) is 24.9 Å². The van der Waals surface area contributed by atoms with Gasteiger partial charge in [0.05, 0.1) is 12.1 Å². The number of rotatable bonds is 0. The second-order valence-electron chi connectivity index (χ2n) is 4.15. The zero-order valence-corrected chi connectivity index (χ0v) is 7.66. The standard InChI is InChI=1S/C10H16N2/c1-8-4-5-9(7-11)12-6-2-3-10(8)12/h8-10H,2-6H2,1H3/t8-,9-,10+/m1/s1. The van der Waals surface area contributed by atoms with Crippen LogP contribution < -0.4 is 0 Å². The van der Waals surface area contributed by atoms with Gasteiger partial charge in [-0.15, -0.1) is 0 Å². The van der Waals surface area contributed by atoms with Gasteiger partial charge in [-0.05, 0) is 38.1 Å². The average Bonchev–Trinajstić information content (AvgIpc) is 2.54. The highest BCUT2D eigenvalue weighted by Crippen LogP contribution is 2.34. The average molecular weight is 164 g/mol. The molecular formula is C10H16N2. The van der Waals surface area contributed by atoms with Crippen LogP contribution in [0.25, 0.3) is 0 Å². The summed E-state index contributed by atoms with van der Waals surface area (Å²) in [6.45, 7) is 3.49. The lowest BCUT2D eigenvalue weighted by Crippen LogP contribution is -2.45. The molecule has 0 aromatic heterocycles. The van der Waals surface area contributed by atoms with E-state index in [1.807, 2.05) is 0 Å². The lowest BCUT2D eigenvalue weighted by atomic mass is 9.88. The molecule has 2 aliphatic rings. The van der Waals surface area contributed by atoms with Crippen molar-refractivity contribution in [3.05, 3.63) is 0 Å². The highest BCUT2D eigenvalue weighted by Gasteiger charge is 2.37. The molecule has 2 saturated heterocycles. The molecule has 0 radical (unpaired) electrons. The van der Waals surface area contributed by atoms with Crippen molar-refractivity contribution < 1.29 is 0 Å². The molecule has 0 aliphatic carbocycles. The third-order valence-electron chi connectivity index (χ3n) is 3.44. The Hall–Kier alpha value is -0.550. The van der Waals surface area contributed by atoms with Crippen LogP contribution >= 0.6 is 0 Å². The van der Waals surface area contributed by atoms with Gasteiger partial charge in [0, 0.05) is 6.04 Å². The first-order valence-electron chi connectivity index (χ1n) is 4.98. The fourth-order valence-corrected chi connectivity index (χ4v) is 2.73. The zero-order valence-electron chi connectivity index (χ0n) is 7.66. The molecule has 66 valence electrons. The van der Waals surface area contributed by atoms with Crippen LogP contribution in [0.5, 0.6) is 0 Å². The number of fused-ring (bicyclic) bond motifs is 1. The van der Waals surface area contributed by atoms with Crippen LogP contribution in [0.4, 0.5) is 0 Å². The molecule has 0 unspecified atom stereocenters. The molecule has 2 heteroatoms. The maximum Gasteiger partial charge on any atom is 0.0980 e. The number of piperidine rings is 1. The summed E-state index contributed by atoms with van der Waals surface area (Å²) in [5, 5.41) is 8.93. The molecule has 0 aromatic carbocycles. The predicted molar refractivity (Wildman–Crippen MR) is 47.5 cm³/mol. The van der Waals surface area contributed by atoms with E-state index in [4.69, 9.17) is 5.26 Å². The van der Waals surface area contributed by atoms with Gasteiger partial charge in [-0.2, -0.15) is 5.26 Å². The first-order valence-corrected chi connectivity index (χ1v) is 4.98. The maximum atomic E-state index is 8.93.